The summed E-state index contributed by atoms with van der Waals surface area (Å²) in [6.45, 7) is 0. The molecule has 1 fully saturated rings. The number of nitrogens with zero attached hydrogens (tertiary/aromatic N) is 2. The van der Waals surface area contributed by atoms with Gasteiger partial charge in [-0.2, -0.15) is 0 Å². The van der Waals surface area contributed by atoms with Crippen LogP contribution in [0.3, 0.4) is 0 Å². The summed E-state index contributed by atoms with van der Waals surface area (Å²) < 4.78 is 0. The summed E-state index contributed by atoms with van der Waals surface area (Å²) >= 11 is 0. The summed E-state index contributed by atoms with van der Waals surface area (Å²) in [5.41, 5.74) is 0. The Kier molecular flexibility index (Phi) is 2.34. The fourth-order valence-corrected chi connectivity index (χ4v) is 1.80. The van der Waals surface area contributed by atoms with Gasteiger partial charge in [0.1, 0.15) is 0 Å². The number of carbonyl (C=O) groups is 1. The molecule has 0 aliphatic heterocycles. The molecule has 0 bridgehead atoms. The normalized spacial score (nSPS) is 17.5. The SMILES string of the molecule is O=C(c1ncccn1)C1CCCC1. The highest BCUT2D eigenvalue weighted by Crippen LogP contribution is 2.26. The molecule has 0 atom stereocenters. The largest absolute Gasteiger partial charge is 0.290 e. The van der Waals surface area contributed by atoms with Crippen molar-refractivity contribution in [2.24, 2.45) is 5.92 Å². The van der Waals surface area contributed by atoms with Crippen molar-refractivity contribution in [3.05, 3.63) is 24.3 Å². The molecule has 1 aromatic rings. The highest BCUT2D eigenvalue weighted by Gasteiger charge is 2.25. The molecule has 0 spiro atoms. The van der Waals surface area contributed by atoms with Gasteiger partial charge in [0, 0.05) is 18.3 Å². The number of aromatic nitrogens is 2. The molecule has 0 unspecified atom stereocenters. The highest BCUT2D eigenvalue weighted by atomic mass is 16.1. The molecule has 2 rings (SSSR count). The van der Waals surface area contributed by atoms with Crippen molar-refractivity contribution in [2.45, 2.75) is 25.7 Å². The van der Waals surface area contributed by atoms with E-state index in [-0.39, 0.29) is 11.7 Å². The zero-order chi connectivity index (χ0) is 9.10. The second-order valence-corrected chi connectivity index (χ2v) is 3.42. The molecule has 0 N–H and O–H groups in total. The topological polar surface area (TPSA) is 42.9 Å². The van der Waals surface area contributed by atoms with Gasteiger partial charge < -0.3 is 0 Å². The van der Waals surface area contributed by atoms with Crippen LogP contribution < -0.4 is 0 Å². The van der Waals surface area contributed by atoms with Gasteiger partial charge in [0.05, 0.1) is 0 Å². The first kappa shape index (κ1) is 8.35. The van der Waals surface area contributed by atoms with E-state index in [0.717, 1.165) is 12.8 Å². The molecular weight excluding hydrogens is 164 g/mol. The number of Topliss-reactive ketones (excluding diaryl/α,β-unsaturated/α-hetero) is 1. The molecule has 3 nitrogen and oxygen atoms in total. The van der Waals surface area contributed by atoms with Crippen LogP contribution in [0.4, 0.5) is 0 Å². The van der Waals surface area contributed by atoms with Crippen LogP contribution in [0, 0.1) is 5.92 Å². The zero-order valence-electron chi connectivity index (χ0n) is 7.44. The maximum atomic E-state index is 11.7. The number of rotatable bonds is 2. The summed E-state index contributed by atoms with van der Waals surface area (Å²) in [5.74, 6) is 0.690. The smallest absolute Gasteiger partial charge is 0.203 e. The lowest BCUT2D eigenvalue weighted by Gasteiger charge is -2.04. The van der Waals surface area contributed by atoms with Gasteiger partial charge in [-0.1, -0.05) is 12.8 Å². The van der Waals surface area contributed by atoms with Gasteiger partial charge in [0.15, 0.2) is 5.82 Å². The third-order valence-corrected chi connectivity index (χ3v) is 2.51. The van der Waals surface area contributed by atoms with E-state index >= 15 is 0 Å². The van der Waals surface area contributed by atoms with E-state index in [0.29, 0.717) is 5.82 Å². The predicted octanol–water partition coefficient (Wildman–Crippen LogP) is 1.85. The van der Waals surface area contributed by atoms with E-state index in [1.54, 1.807) is 18.5 Å². The second-order valence-electron chi connectivity index (χ2n) is 3.42. The summed E-state index contributed by atoms with van der Waals surface area (Å²) in [7, 11) is 0. The Labute approximate surface area is 77.2 Å². The first-order valence-electron chi connectivity index (χ1n) is 4.69. The highest BCUT2D eigenvalue weighted by molar-refractivity contribution is 5.94. The van der Waals surface area contributed by atoms with Gasteiger partial charge in [-0.05, 0) is 18.9 Å². The van der Waals surface area contributed by atoms with Crippen molar-refractivity contribution in [1.82, 2.24) is 9.97 Å². The number of hydrogen-bond acceptors (Lipinski definition) is 3. The van der Waals surface area contributed by atoms with E-state index in [4.69, 9.17) is 0 Å². The average molecular weight is 176 g/mol. The van der Waals surface area contributed by atoms with E-state index in [1.165, 1.54) is 12.8 Å². The lowest BCUT2D eigenvalue weighted by atomic mass is 10.0. The Morgan fingerprint density at radius 2 is 1.85 bits per heavy atom. The Morgan fingerprint density at radius 1 is 1.23 bits per heavy atom. The van der Waals surface area contributed by atoms with Crippen LogP contribution >= 0.6 is 0 Å². The van der Waals surface area contributed by atoms with Gasteiger partial charge in [-0.25, -0.2) is 9.97 Å². The molecule has 1 saturated carbocycles. The molecule has 0 amide bonds. The van der Waals surface area contributed by atoms with E-state index in [2.05, 4.69) is 9.97 Å². The van der Waals surface area contributed by atoms with Crippen LogP contribution in [0.5, 0.6) is 0 Å². The summed E-state index contributed by atoms with van der Waals surface area (Å²) in [5, 5.41) is 0. The van der Waals surface area contributed by atoms with Crippen LogP contribution in [0.2, 0.25) is 0 Å². The lowest BCUT2D eigenvalue weighted by Crippen LogP contribution is -2.14. The van der Waals surface area contributed by atoms with Crippen LogP contribution in [-0.4, -0.2) is 15.8 Å². The molecule has 0 radical (unpaired) electrons. The third-order valence-electron chi connectivity index (χ3n) is 2.51. The molecule has 1 heterocycles. The van der Waals surface area contributed by atoms with Crippen molar-refractivity contribution in [3.63, 3.8) is 0 Å². The van der Waals surface area contributed by atoms with E-state index < -0.39 is 0 Å². The summed E-state index contributed by atoms with van der Waals surface area (Å²) in [6.07, 6.45) is 7.60. The van der Waals surface area contributed by atoms with Crippen LogP contribution in [0.15, 0.2) is 18.5 Å². The zero-order valence-corrected chi connectivity index (χ0v) is 7.44. The second kappa shape index (κ2) is 3.64. The number of hydrogen-bond donors (Lipinski definition) is 0. The van der Waals surface area contributed by atoms with Gasteiger partial charge in [-0.15, -0.1) is 0 Å². The van der Waals surface area contributed by atoms with Crippen LogP contribution in [0.25, 0.3) is 0 Å². The first-order valence-corrected chi connectivity index (χ1v) is 4.69. The molecule has 68 valence electrons. The predicted molar refractivity (Wildman–Crippen MR) is 48.3 cm³/mol. The van der Waals surface area contributed by atoms with E-state index in [1.807, 2.05) is 0 Å². The van der Waals surface area contributed by atoms with Gasteiger partial charge in [0.2, 0.25) is 5.78 Å². The van der Waals surface area contributed by atoms with Crippen molar-refractivity contribution in [2.75, 3.05) is 0 Å². The lowest BCUT2D eigenvalue weighted by molar-refractivity contribution is 0.0912. The number of carbonyl (C=O) groups excluding carboxylic acids is 1. The van der Waals surface area contributed by atoms with Crippen LogP contribution in [-0.2, 0) is 0 Å². The maximum absolute atomic E-state index is 11.7. The minimum atomic E-state index is 0.123. The Balaban J connectivity index is 2.13. The van der Waals surface area contributed by atoms with E-state index in [9.17, 15) is 4.79 Å². The standard InChI is InChI=1S/C10H12N2O/c13-9(8-4-1-2-5-8)10-11-6-3-7-12-10/h3,6-8H,1-2,4-5H2. The third kappa shape index (κ3) is 1.74. The van der Waals surface area contributed by atoms with Crippen molar-refractivity contribution in [3.8, 4) is 0 Å². The molecule has 0 aromatic carbocycles. The fraction of sp³-hybridized carbons (Fsp3) is 0.500. The van der Waals surface area contributed by atoms with Crippen LogP contribution in [0.1, 0.15) is 36.3 Å². The van der Waals surface area contributed by atoms with Gasteiger partial charge in [0.25, 0.3) is 0 Å². The van der Waals surface area contributed by atoms with Crippen molar-refractivity contribution >= 4 is 5.78 Å². The molecule has 1 aromatic heterocycles. The monoisotopic (exact) mass is 176 g/mol. The van der Waals surface area contributed by atoms with Gasteiger partial charge in [-0.3, -0.25) is 4.79 Å². The Morgan fingerprint density at radius 3 is 2.46 bits per heavy atom. The summed E-state index contributed by atoms with van der Waals surface area (Å²) in [6, 6.07) is 1.73. The van der Waals surface area contributed by atoms with Gasteiger partial charge >= 0.3 is 0 Å². The molecular formula is C10H12N2O. The van der Waals surface area contributed by atoms with Crippen molar-refractivity contribution < 1.29 is 4.79 Å². The molecule has 3 heteroatoms. The Bertz CT molecular complexity index is 291. The minimum absolute atomic E-state index is 0.123. The Hall–Kier alpha value is -1.25. The number of ketones is 1. The first-order chi connectivity index (χ1) is 6.38. The fourth-order valence-electron chi connectivity index (χ4n) is 1.80. The molecule has 1 aliphatic rings. The summed E-state index contributed by atoms with van der Waals surface area (Å²) in [4.78, 5) is 19.6. The van der Waals surface area contributed by atoms with Crippen molar-refractivity contribution in [1.29, 1.82) is 0 Å². The maximum Gasteiger partial charge on any atom is 0.203 e. The quantitative estimate of drug-likeness (QED) is 0.646. The average Bonchev–Trinajstić information content (AvgIpc) is 2.71. The molecule has 1 aliphatic carbocycles. The molecule has 13 heavy (non-hydrogen) atoms. The molecule has 0 saturated heterocycles. The minimum Gasteiger partial charge on any atom is -0.290 e.